The molecule has 2 aromatic rings. The maximum Gasteiger partial charge on any atom is 0.226 e. The molecular weight excluding hydrogens is 340 g/mol. The van der Waals surface area contributed by atoms with Crippen LogP contribution in [0.15, 0.2) is 17.5 Å². The molecule has 0 radical (unpaired) electrons. The van der Waals surface area contributed by atoms with Gasteiger partial charge >= 0.3 is 0 Å². The Labute approximate surface area is 151 Å². The molecule has 0 fully saturated rings. The summed E-state index contributed by atoms with van der Waals surface area (Å²) in [6.45, 7) is 3.02. The summed E-state index contributed by atoms with van der Waals surface area (Å²) in [5, 5.41) is 5.88. The number of carbonyl (C=O) groups excluding carboxylic acids is 1. The molecule has 1 atom stereocenters. The number of aromatic nitrogens is 1. The Kier molecular flexibility index (Phi) is 5.55. The quantitative estimate of drug-likeness (QED) is 0.856. The van der Waals surface area contributed by atoms with Gasteiger partial charge in [-0.25, -0.2) is 4.98 Å². The molecule has 1 N–H and O–H groups in total. The fourth-order valence-electron chi connectivity index (χ4n) is 2.95. The first kappa shape index (κ1) is 17.7. The summed E-state index contributed by atoms with van der Waals surface area (Å²) in [7, 11) is 3.26. The molecule has 1 aromatic heterocycles. The van der Waals surface area contributed by atoms with E-state index in [1.165, 1.54) is 11.3 Å². The zero-order valence-electron chi connectivity index (χ0n) is 14.6. The lowest BCUT2D eigenvalue weighted by Gasteiger charge is -2.28. The third kappa shape index (κ3) is 4.11. The lowest BCUT2D eigenvalue weighted by molar-refractivity contribution is -0.121. The van der Waals surface area contributed by atoms with Crippen molar-refractivity contribution in [2.24, 2.45) is 0 Å². The number of thiazole rings is 1. The minimum absolute atomic E-state index is 0.0485. The lowest BCUT2D eigenvalue weighted by atomic mass is 9.97. The van der Waals surface area contributed by atoms with Crippen LogP contribution in [0.2, 0.25) is 0 Å². The topological polar surface area (TPSA) is 69.7 Å². The number of methoxy groups -OCH3 is 2. The number of fused-ring (bicyclic) bond motifs is 1. The minimum atomic E-state index is -0.0814. The first-order valence-corrected chi connectivity index (χ1v) is 9.01. The van der Waals surface area contributed by atoms with Crippen molar-refractivity contribution in [2.45, 2.75) is 32.4 Å². The molecule has 1 aliphatic rings. The SMILES string of the molecule is COCc1nc(CC(=O)NC2CCOc3c(OC)cc(C)cc32)cs1. The van der Waals surface area contributed by atoms with Gasteiger partial charge in [-0.2, -0.15) is 0 Å². The van der Waals surface area contributed by atoms with Crippen molar-refractivity contribution >= 4 is 17.2 Å². The molecule has 6 nitrogen and oxygen atoms in total. The standard InChI is InChI=1S/C18H22N2O4S/c1-11-6-13-14(4-5-24-18(13)15(7-11)23-3)20-16(21)8-12-10-25-17(19-12)9-22-2/h6-7,10,14H,4-5,8-9H2,1-3H3,(H,20,21). The summed E-state index contributed by atoms with van der Waals surface area (Å²) in [4.78, 5) is 16.9. The van der Waals surface area contributed by atoms with Crippen molar-refractivity contribution in [1.82, 2.24) is 10.3 Å². The summed E-state index contributed by atoms with van der Waals surface area (Å²) in [6, 6.07) is 3.90. The fourth-order valence-corrected chi connectivity index (χ4v) is 3.71. The van der Waals surface area contributed by atoms with Gasteiger partial charge in [0.15, 0.2) is 11.5 Å². The van der Waals surface area contributed by atoms with Gasteiger partial charge in [-0.1, -0.05) is 6.07 Å². The van der Waals surface area contributed by atoms with Crippen LogP contribution in [0.25, 0.3) is 0 Å². The van der Waals surface area contributed by atoms with Crippen LogP contribution in [0, 0.1) is 6.92 Å². The Morgan fingerprint density at radius 2 is 2.28 bits per heavy atom. The van der Waals surface area contributed by atoms with E-state index in [1.807, 2.05) is 24.4 Å². The Morgan fingerprint density at radius 1 is 1.44 bits per heavy atom. The molecule has 3 rings (SSSR count). The van der Waals surface area contributed by atoms with E-state index in [4.69, 9.17) is 14.2 Å². The van der Waals surface area contributed by atoms with Gasteiger partial charge in [0, 0.05) is 24.5 Å². The summed E-state index contributed by atoms with van der Waals surface area (Å²) >= 11 is 1.51. The Hall–Kier alpha value is -2.12. The highest BCUT2D eigenvalue weighted by Crippen LogP contribution is 2.40. The van der Waals surface area contributed by atoms with Crippen LogP contribution in [-0.2, 0) is 22.6 Å². The molecule has 134 valence electrons. The molecule has 1 amide bonds. The predicted octanol–water partition coefficient (Wildman–Crippen LogP) is 2.79. The van der Waals surface area contributed by atoms with Crippen LogP contribution >= 0.6 is 11.3 Å². The van der Waals surface area contributed by atoms with Crippen LogP contribution in [-0.4, -0.2) is 31.7 Å². The molecular formula is C18H22N2O4S. The van der Waals surface area contributed by atoms with Crippen molar-refractivity contribution in [3.8, 4) is 11.5 Å². The summed E-state index contributed by atoms with van der Waals surface area (Å²) < 4.78 is 16.2. The minimum Gasteiger partial charge on any atom is -0.493 e. The number of nitrogens with one attached hydrogen (secondary N) is 1. The third-order valence-corrected chi connectivity index (χ3v) is 4.89. The first-order chi connectivity index (χ1) is 12.1. The van der Waals surface area contributed by atoms with Gasteiger partial charge in [-0.15, -0.1) is 11.3 Å². The number of carbonyl (C=O) groups is 1. The monoisotopic (exact) mass is 362 g/mol. The Bertz CT molecular complexity index is 760. The molecule has 1 aliphatic heterocycles. The maximum absolute atomic E-state index is 12.4. The van der Waals surface area contributed by atoms with Crippen LogP contribution in [0.5, 0.6) is 11.5 Å². The van der Waals surface area contributed by atoms with Crippen molar-refractivity contribution in [2.75, 3.05) is 20.8 Å². The maximum atomic E-state index is 12.4. The number of nitrogens with zero attached hydrogens (tertiary/aromatic N) is 1. The molecule has 0 aliphatic carbocycles. The van der Waals surface area contributed by atoms with Crippen LogP contribution in [0.1, 0.15) is 34.3 Å². The van der Waals surface area contributed by atoms with Crippen LogP contribution < -0.4 is 14.8 Å². The van der Waals surface area contributed by atoms with Crippen molar-refractivity contribution in [3.05, 3.63) is 39.3 Å². The number of amides is 1. The summed E-state index contributed by atoms with van der Waals surface area (Å²) in [6.07, 6.45) is 0.993. The van der Waals surface area contributed by atoms with E-state index < -0.39 is 0 Å². The van der Waals surface area contributed by atoms with Crippen LogP contribution in [0.4, 0.5) is 0 Å². The van der Waals surface area contributed by atoms with E-state index in [-0.39, 0.29) is 18.4 Å². The second kappa shape index (κ2) is 7.84. The van der Waals surface area contributed by atoms with Gasteiger partial charge in [0.2, 0.25) is 5.91 Å². The molecule has 0 saturated carbocycles. The van der Waals surface area contributed by atoms with Gasteiger partial charge in [-0.3, -0.25) is 4.79 Å². The number of aryl methyl sites for hydroxylation is 1. The molecule has 0 spiro atoms. The molecule has 0 saturated heterocycles. The summed E-state index contributed by atoms with van der Waals surface area (Å²) in [5.41, 5.74) is 2.81. The molecule has 25 heavy (non-hydrogen) atoms. The smallest absolute Gasteiger partial charge is 0.226 e. The van der Waals surface area contributed by atoms with Crippen molar-refractivity contribution < 1.29 is 19.0 Å². The molecule has 7 heteroatoms. The van der Waals surface area contributed by atoms with E-state index in [1.54, 1.807) is 14.2 Å². The third-order valence-electron chi connectivity index (χ3n) is 4.02. The number of hydrogen-bond acceptors (Lipinski definition) is 6. The average molecular weight is 362 g/mol. The second-order valence-electron chi connectivity index (χ2n) is 5.99. The van der Waals surface area contributed by atoms with Gasteiger partial charge in [0.05, 0.1) is 38.5 Å². The highest BCUT2D eigenvalue weighted by atomic mass is 32.1. The first-order valence-electron chi connectivity index (χ1n) is 8.13. The highest BCUT2D eigenvalue weighted by Gasteiger charge is 2.26. The van der Waals surface area contributed by atoms with E-state index in [0.29, 0.717) is 19.0 Å². The van der Waals surface area contributed by atoms with Gasteiger partial charge in [0.25, 0.3) is 0 Å². The van der Waals surface area contributed by atoms with E-state index in [9.17, 15) is 4.79 Å². The highest BCUT2D eigenvalue weighted by molar-refractivity contribution is 7.09. The molecule has 2 heterocycles. The average Bonchev–Trinajstić information content (AvgIpc) is 3.02. The predicted molar refractivity (Wildman–Crippen MR) is 95.3 cm³/mol. The van der Waals surface area contributed by atoms with Crippen molar-refractivity contribution in [3.63, 3.8) is 0 Å². The van der Waals surface area contributed by atoms with E-state index in [0.717, 1.165) is 34.0 Å². The molecule has 1 unspecified atom stereocenters. The van der Waals surface area contributed by atoms with E-state index in [2.05, 4.69) is 10.3 Å². The summed E-state index contributed by atoms with van der Waals surface area (Å²) in [5.74, 6) is 1.38. The van der Waals surface area contributed by atoms with Gasteiger partial charge < -0.3 is 19.5 Å². The van der Waals surface area contributed by atoms with Crippen molar-refractivity contribution in [1.29, 1.82) is 0 Å². The largest absolute Gasteiger partial charge is 0.493 e. The Balaban J connectivity index is 1.71. The van der Waals surface area contributed by atoms with Gasteiger partial charge in [-0.05, 0) is 18.6 Å². The van der Waals surface area contributed by atoms with Gasteiger partial charge in [0.1, 0.15) is 5.01 Å². The number of ether oxygens (including phenoxy) is 3. The zero-order chi connectivity index (χ0) is 17.8. The number of rotatable bonds is 6. The number of hydrogen-bond donors (Lipinski definition) is 1. The zero-order valence-corrected chi connectivity index (χ0v) is 15.4. The Morgan fingerprint density at radius 3 is 3.04 bits per heavy atom. The normalized spacial score (nSPS) is 16.0. The molecule has 0 bridgehead atoms. The second-order valence-corrected chi connectivity index (χ2v) is 6.93. The van der Waals surface area contributed by atoms with E-state index >= 15 is 0 Å². The lowest BCUT2D eigenvalue weighted by Crippen LogP contribution is -2.33. The number of benzene rings is 1. The fraction of sp³-hybridized carbons (Fsp3) is 0.444. The van der Waals surface area contributed by atoms with Crippen LogP contribution in [0.3, 0.4) is 0 Å². The molecule has 1 aromatic carbocycles.